The zero-order valence-electron chi connectivity index (χ0n) is 10.7. The topological polar surface area (TPSA) is 71.2 Å². The smallest absolute Gasteiger partial charge is 0.263 e. The molecule has 0 saturated carbocycles. The highest BCUT2D eigenvalue weighted by atomic mass is 32.1. The lowest BCUT2D eigenvalue weighted by Gasteiger charge is -2.29. The maximum absolute atomic E-state index is 11.8. The highest BCUT2D eigenvalue weighted by Crippen LogP contribution is 2.18. The van der Waals surface area contributed by atoms with E-state index in [1.807, 2.05) is 0 Å². The number of thiazole rings is 1. The van der Waals surface area contributed by atoms with Crippen LogP contribution in [-0.4, -0.2) is 42.5 Å². The molecule has 100 valence electrons. The molecule has 1 aromatic heterocycles. The van der Waals surface area contributed by atoms with Crippen LogP contribution in [0.3, 0.4) is 0 Å². The van der Waals surface area contributed by atoms with Crippen LogP contribution in [0.15, 0.2) is 6.20 Å². The maximum atomic E-state index is 11.8. The summed E-state index contributed by atoms with van der Waals surface area (Å²) >= 11 is 1.23. The number of carbonyl (C=O) groups excluding carboxylic acids is 1. The van der Waals surface area contributed by atoms with E-state index < -0.39 is 0 Å². The van der Waals surface area contributed by atoms with E-state index in [4.69, 9.17) is 5.73 Å². The van der Waals surface area contributed by atoms with Crippen molar-refractivity contribution in [2.45, 2.75) is 19.3 Å². The molecule has 5 nitrogen and oxygen atoms in total. The molecule has 6 heteroatoms. The van der Waals surface area contributed by atoms with E-state index in [0.717, 1.165) is 19.5 Å². The fourth-order valence-electron chi connectivity index (χ4n) is 2.38. The van der Waals surface area contributed by atoms with Gasteiger partial charge in [0.05, 0.1) is 6.20 Å². The molecule has 0 bridgehead atoms. The molecule has 1 atom stereocenters. The van der Waals surface area contributed by atoms with Gasteiger partial charge in [-0.05, 0) is 38.8 Å². The Bertz CT molecular complexity index is 407. The molecule has 0 spiro atoms. The number of hydrogen-bond acceptors (Lipinski definition) is 5. The van der Waals surface area contributed by atoms with Crippen LogP contribution in [0.2, 0.25) is 0 Å². The Hall–Kier alpha value is -1.14. The molecule has 0 aromatic carbocycles. The van der Waals surface area contributed by atoms with Crippen LogP contribution < -0.4 is 11.1 Å². The van der Waals surface area contributed by atoms with E-state index >= 15 is 0 Å². The average molecular weight is 268 g/mol. The molecule has 2 heterocycles. The van der Waals surface area contributed by atoms with E-state index in [1.165, 1.54) is 36.9 Å². The Kier molecular flexibility index (Phi) is 4.54. The van der Waals surface area contributed by atoms with Crippen LogP contribution in [-0.2, 0) is 0 Å². The molecular formula is C12H20N4OS. The van der Waals surface area contributed by atoms with Gasteiger partial charge in [0.25, 0.3) is 5.91 Å². The number of nitrogens with zero attached hydrogens (tertiary/aromatic N) is 2. The van der Waals surface area contributed by atoms with Crippen LogP contribution >= 0.6 is 11.3 Å². The summed E-state index contributed by atoms with van der Waals surface area (Å²) in [6.07, 6.45) is 5.11. The Morgan fingerprint density at radius 2 is 2.56 bits per heavy atom. The van der Waals surface area contributed by atoms with Crippen molar-refractivity contribution in [1.82, 2.24) is 15.2 Å². The first-order valence-corrected chi connectivity index (χ1v) is 7.15. The number of nitrogens with one attached hydrogen (secondary N) is 1. The largest absolute Gasteiger partial charge is 0.375 e. The van der Waals surface area contributed by atoms with Crippen LogP contribution in [0.4, 0.5) is 5.13 Å². The molecule has 0 radical (unpaired) electrons. The number of anilines is 1. The lowest BCUT2D eigenvalue weighted by atomic mass is 9.95. The van der Waals surface area contributed by atoms with Gasteiger partial charge in [0.15, 0.2) is 5.13 Å². The molecule has 0 unspecified atom stereocenters. The van der Waals surface area contributed by atoms with Crippen molar-refractivity contribution in [3.63, 3.8) is 0 Å². The maximum Gasteiger partial charge on any atom is 0.263 e. The monoisotopic (exact) mass is 268 g/mol. The standard InChI is InChI=1S/C12H20N4OS/c1-16-6-2-3-9(8-16)4-5-14-11(17)10-7-15-12(13)18-10/h7,9H,2-6,8H2,1H3,(H2,13,15)(H,14,17)/t9-/m1/s1. The van der Waals surface area contributed by atoms with Crippen molar-refractivity contribution >= 4 is 22.4 Å². The minimum Gasteiger partial charge on any atom is -0.375 e. The number of nitrogens with two attached hydrogens (primary N) is 1. The molecule has 1 fully saturated rings. The van der Waals surface area contributed by atoms with Gasteiger partial charge in [-0.25, -0.2) is 4.98 Å². The van der Waals surface area contributed by atoms with Crippen molar-refractivity contribution < 1.29 is 4.79 Å². The minimum atomic E-state index is -0.0617. The molecule has 1 aliphatic rings. The fraction of sp³-hybridized carbons (Fsp3) is 0.667. The van der Waals surface area contributed by atoms with Gasteiger partial charge in [-0.1, -0.05) is 11.3 Å². The number of nitrogen functional groups attached to an aromatic ring is 1. The first-order chi connectivity index (χ1) is 8.65. The van der Waals surface area contributed by atoms with Gasteiger partial charge in [-0.3, -0.25) is 4.79 Å². The van der Waals surface area contributed by atoms with Gasteiger partial charge in [0.2, 0.25) is 0 Å². The number of hydrogen-bond donors (Lipinski definition) is 2. The van der Waals surface area contributed by atoms with Crippen molar-refractivity contribution in [3.8, 4) is 0 Å². The van der Waals surface area contributed by atoms with E-state index in [0.29, 0.717) is 15.9 Å². The molecule has 3 N–H and O–H groups in total. The van der Waals surface area contributed by atoms with Crippen molar-refractivity contribution in [1.29, 1.82) is 0 Å². The third-order valence-corrected chi connectivity index (χ3v) is 4.13. The third-order valence-electron chi connectivity index (χ3n) is 3.31. The molecule has 1 aromatic rings. The highest BCUT2D eigenvalue weighted by Gasteiger charge is 2.17. The molecule has 1 aliphatic heterocycles. The first kappa shape index (κ1) is 13.3. The molecule has 18 heavy (non-hydrogen) atoms. The van der Waals surface area contributed by atoms with Crippen LogP contribution in [0.5, 0.6) is 0 Å². The highest BCUT2D eigenvalue weighted by molar-refractivity contribution is 7.17. The van der Waals surface area contributed by atoms with Crippen LogP contribution in [0.25, 0.3) is 0 Å². The number of amides is 1. The summed E-state index contributed by atoms with van der Waals surface area (Å²) in [4.78, 5) is 18.6. The summed E-state index contributed by atoms with van der Waals surface area (Å²) in [5, 5.41) is 3.37. The zero-order chi connectivity index (χ0) is 13.0. The Labute approximate surface area is 111 Å². The predicted molar refractivity (Wildman–Crippen MR) is 73.7 cm³/mol. The van der Waals surface area contributed by atoms with Crippen molar-refractivity contribution in [2.75, 3.05) is 32.4 Å². The van der Waals surface area contributed by atoms with Gasteiger partial charge >= 0.3 is 0 Å². The SMILES string of the molecule is CN1CCC[C@H](CCNC(=O)c2cnc(N)s2)C1. The Balaban J connectivity index is 1.70. The van der Waals surface area contributed by atoms with E-state index in [1.54, 1.807) is 0 Å². The third kappa shape index (κ3) is 3.68. The first-order valence-electron chi connectivity index (χ1n) is 6.33. The van der Waals surface area contributed by atoms with Gasteiger partial charge in [-0.2, -0.15) is 0 Å². The van der Waals surface area contributed by atoms with Gasteiger partial charge in [-0.15, -0.1) is 0 Å². The lowest BCUT2D eigenvalue weighted by Crippen LogP contribution is -2.34. The zero-order valence-corrected chi connectivity index (χ0v) is 11.5. The molecule has 0 aliphatic carbocycles. The number of piperidine rings is 1. The Morgan fingerprint density at radius 1 is 1.72 bits per heavy atom. The summed E-state index contributed by atoms with van der Waals surface area (Å²) in [7, 11) is 2.16. The summed E-state index contributed by atoms with van der Waals surface area (Å²) in [5.41, 5.74) is 5.50. The predicted octanol–water partition coefficient (Wildman–Crippen LogP) is 1.19. The molecular weight excluding hydrogens is 248 g/mol. The van der Waals surface area contributed by atoms with Gasteiger partial charge in [0, 0.05) is 13.1 Å². The average Bonchev–Trinajstić information content (AvgIpc) is 2.76. The number of rotatable bonds is 4. The second-order valence-corrected chi connectivity index (χ2v) is 5.94. The van der Waals surface area contributed by atoms with E-state index in [2.05, 4.69) is 22.2 Å². The summed E-state index contributed by atoms with van der Waals surface area (Å²) < 4.78 is 0. The van der Waals surface area contributed by atoms with Crippen molar-refractivity contribution in [3.05, 3.63) is 11.1 Å². The normalized spacial score (nSPS) is 20.8. The fourth-order valence-corrected chi connectivity index (χ4v) is 2.98. The summed E-state index contributed by atoms with van der Waals surface area (Å²) in [5.74, 6) is 0.643. The van der Waals surface area contributed by atoms with E-state index in [9.17, 15) is 4.79 Å². The summed E-state index contributed by atoms with van der Waals surface area (Å²) in [6.45, 7) is 3.07. The molecule has 1 amide bonds. The van der Waals surface area contributed by atoms with Crippen LogP contribution in [0.1, 0.15) is 28.9 Å². The van der Waals surface area contributed by atoms with Gasteiger partial charge in [0.1, 0.15) is 4.88 Å². The quantitative estimate of drug-likeness (QED) is 0.860. The van der Waals surface area contributed by atoms with Crippen molar-refractivity contribution in [2.24, 2.45) is 5.92 Å². The second kappa shape index (κ2) is 6.15. The van der Waals surface area contributed by atoms with E-state index in [-0.39, 0.29) is 5.91 Å². The lowest BCUT2D eigenvalue weighted by molar-refractivity contribution is 0.0952. The number of carbonyl (C=O) groups is 1. The summed E-state index contributed by atoms with van der Waals surface area (Å²) in [6, 6.07) is 0. The second-order valence-electron chi connectivity index (χ2n) is 4.88. The minimum absolute atomic E-state index is 0.0617. The Morgan fingerprint density at radius 3 is 3.22 bits per heavy atom. The van der Waals surface area contributed by atoms with Crippen LogP contribution in [0, 0.1) is 5.92 Å². The molecule has 2 rings (SSSR count). The number of likely N-dealkylation sites (tertiary alicyclic amines) is 1. The molecule has 1 saturated heterocycles. The number of aromatic nitrogens is 1. The van der Waals surface area contributed by atoms with Gasteiger partial charge < -0.3 is 16.0 Å².